The summed E-state index contributed by atoms with van der Waals surface area (Å²) in [6.45, 7) is 5.66. The fraction of sp³-hybridized carbons (Fsp3) is 0.550. The second kappa shape index (κ2) is 9.21. The van der Waals surface area contributed by atoms with E-state index in [4.69, 9.17) is 4.74 Å². The molecule has 2 amide bonds. The summed E-state index contributed by atoms with van der Waals surface area (Å²) in [5.41, 5.74) is 3.92. The van der Waals surface area contributed by atoms with Crippen LogP contribution in [-0.4, -0.2) is 61.6 Å². The molecule has 3 rings (SSSR count). The van der Waals surface area contributed by atoms with Crippen LogP contribution in [0.15, 0.2) is 18.2 Å². The maximum atomic E-state index is 14.9. The summed E-state index contributed by atoms with van der Waals surface area (Å²) in [4.78, 5) is 38.4. The number of carbonyl (C=O) groups is 3. The van der Waals surface area contributed by atoms with Crippen molar-refractivity contribution in [1.29, 1.82) is 0 Å². The first-order valence-electron chi connectivity index (χ1n) is 9.95. The minimum atomic E-state index is -0.529. The molecule has 1 N–H and O–H groups in total. The SMILES string of the molecule is CCC(=O)N1CCN(c2ccc(N3C[C@H](CCC(C)=O)OC3=O)cc2F)CCN1. The third-order valence-corrected chi connectivity index (χ3v) is 5.16. The summed E-state index contributed by atoms with van der Waals surface area (Å²) in [6.07, 6.45) is 0.326. The van der Waals surface area contributed by atoms with E-state index in [2.05, 4.69) is 5.43 Å². The molecule has 2 heterocycles. The van der Waals surface area contributed by atoms with E-state index in [1.807, 2.05) is 4.90 Å². The Bertz CT molecular complexity index is 788. The molecule has 1 atom stereocenters. The van der Waals surface area contributed by atoms with E-state index >= 15 is 0 Å². The lowest BCUT2D eigenvalue weighted by Crippen LogP contribution is -2.43. The molecule has 1 aromatic carbocycles. The van der Waals surface area contributed by atoms with Gasteiger partial charge in [0.25, 0.3) is 0 Å². The molecule has 2 saturated heterocycles. The van der Waals surface area contributed by atoms with Gasteiger partial charge in [-0.05, 0) is 31.5 Å². The quantitative estimate of drug-likeness (QED) is 0.779. The Hall–Kier alpha value is -2.68. The highest BCUT2D eigenvalue weighted by atomic mass is 19.1. The number of amides is 2. The lowest BCUT2D eigenvalue weighted by Gasteiger charge is -2.24. The molecule has 2 aliphatic heterocycles. The first kappa shape index (κ1) is 21.0. The van der Waals surface area contributed by atoms with Crippen molar-refractivity contribution in [3.63, 3.8) is 0 Å². The second-order valence-electron chi connectivity index (χ2n) is 7.29. The Balaban J connectivity index is 1.66. The van der Waals surface area contributed by atoms with Crippen LogP contribution in [0.2, 0.25) is 0 Å². The number of anilines is 2. The number of benzene rings is 1. The minimum Gasteiger partial charge on any atom is -0.444 e. The predicted octanol–water partition coefficient (Wildman–Crippen LogP) is 2.08. The Morgan fingerprint density at radius 1 is 1.28 bits per heavy atom. The zero-order chi connectivity index (χ0) is 21.0. The molecule has 0 bridgehead atoms. The van der Waals surface area contributed by atoms with Gasteiger partial charge in [0.05, 0.1) is 24.5 Å². The summed E-state index contributed by atoms with van der Waals surface area (Å²) >= 11 is 0. The van der Waals surface area contributed by atoms with Crippen LogP contribution in [-0.2, 0) is 14.3 Å². The van der Waals surface area contributed by atoms with Crippen molar-refractivity contribution in [3.8, 4) is 0 Å². The molecule has 8 nitrogen and oxygen atoms in total. The van der Waals surface area contributed by atoms with E-state index in [0.717, 1.165) is 0 Å². The smallest absolute Gasteiger partial charge is 0.414 e. The van der Waals surface area contributed by atoms with E-state index in [0.29, 0.717) is 63.4 Å². The Labute approximate surface area is 169 Å². The molecule has 0 aromatic heterocycles. The standard InChI is InChI=1S/C20H27FN4O4/c1-3-19(27)25-11-10-23(9-8-22-25)18-7-5-15(12-17(18)21)24-13-16(29-20(24)28)6-4-14(2)26/h5,7,12,16,22H,3-4,6,8-11,13H2,1-2H3/t16-/m0/s1. The number of rotatable bonds is 6. The number of halogens is 1. The third kappa shape index (κ3) is 5.03. The number of nitrogens with zero attached hydrogens (tertiary/aromatic N) is 3. The molecule has 9 heteroatoms. The molecule has 2 fully saturated rings. The molecule has 0 saturated carbocycles. The van der Waals surface area contributed by atoms with Crippen molar-refractivity contribution >= 4 is 29.2 Å². The zero-order valence-electron chi connectivity index (χ0n) is 16.8. The summed E-state index contributed by atoms with van der Waals surface area (Å²) < 4.78 is 20.1. The number of carbonyl (C=O) groups excluding carboxylic acids is 3. The fourth-order valence-electron chi connectivity index (χ4n) is 3.54. The first-order chi connectivity index (χ1) is 13.9. The molecule has 2 aliphatic rings. The van der Waals surface area contributed by atoms with Gasteiger partial charge in [-0.25, -0.2) is 14.6 Å². The van der Waals surface area contributed by atoms with Crippen molar-refractivity contribution in [1.82, 2.24) is 10.4 Å². The van der Waals surface area contributed by atoms with Crippen LogP contribution in [0, 0.1) is 5.82 Å². The van der Waals surface area contributed by atoms with Crippen LogP contribution >= 0.6 is 0 Å². The van der Waals surface area contributed by atoms with Crippen molar-refractivity contribution in [2.45, 2.75) is 39.2 Å². The van der Waals surface area contributed by atoms with Crippen LogP contribution in [0.3, 0.4) is 0 Å². The van der Waals surface area contributed by atoms with Gasteiger partial charge in [-0.1, -0.05) is 6.92 Å². The fourth-order valence-corrected chi connectivity index (χ4v) is 3.54. The van der Waals surface area contributed by atoms with Crippen molar-refractivity contribution < 1.29 is 23.5 Å². The van der Waals surface area contributed by atoms with Crippen molar-refractivity contribution in [3.05, 3.63) is 24.0 Å². The summed E-state index contributed by atoms with van der Waals surface area (Å²) in [6, 6.07) is 4.68. The number of hydrazine groups is 1. The van der Waals surface area contributed by atoms with Crippen LogP contribution in [0.1, 0.15) is 33.1 Å². The Kier molecular flexibility index (Phi) is 6.68. The number of cyclic esters (lactones) is 1. The van der Waals surface area contributed by atoms with Crippen LogP contribution < -0.4 is 15.2 Å². The molecule has 0 aliphatic carbocycles. The highest BCUT2D eigenvalue weighted by Gasteiger charge is 2.33. The number of hydrogen-bond acceptors (Lipinski definition) is 6. The van der Waals surface area contributed by atoms with Crippen LogP contribution in [0.4, 0.5) is 20.6 Å². The number of ether oxygens (including phenoxy) is 1. The van der Waals surface area contributed by atoms with Gasteiger partial charge in [0, 0.05) is 32.5 Å². The molecular formula is C20H27FN4O4. The lowest BCUT2D eigenvalue weighted by molar-refractivity contribution is -0.133. The van der Waals surface area contributed by atoms with Gasteiger partial charge < -0.3 is 14.4 Å². The third-order valence-electron chi connectivity index (χ3n) is 5.16. The summed E-state index contributed by atoms with van der Waals surface area (Å²) in [5.74, 6) is -0.381. The van der Waals surface area contributed by atoms with Gasteiger partial charge >= 0.3 is 6.09 Å². The van der Waals surface area contributed by atoms with E-state index < -0.39 is 11.9 Å². The van der Waals surface area contributed by atoms with Gasteiger partial charge in [-0.3, -0.25) is 14.7 Å². The number of nitrogens with one attached hydrogen (secondary N) is 1. The molecule has 0 spiro atoms. The van der Waals surface area contributed by atoms with E-state index in [1.54, 1.807) is 24.1 Å². The minimum absolute atomic E-state index is 0.00884. The number of hydrogen-bond donors (Lipinski definition) is 1. The maximum absolute atomic E-state index is 14.9. The number of Topliss-reactive ketones (excluding diaryl/α,β-unsaturated/α-hetero) is 1. The van der Waals surface area contributed by atoms with Crippen molar-refractivity contribution in [2.24, 2.45) is 0 Å². The van der Waals surface area contributed by atoms with E-state index in [9.17, 15) is 18.8 Å². The van der Waals surface area contributed by atoms with Crippen LogP contribution in [0.25, 0.3) is 0 Å². The second-order valence-corrected chi connectivity index (χ2v) is 7.29. The van der Waals surface area contributed by atoms with Gasteiger partial charge in [0.2, 0.25) is 5.91 Å². The average Bonchev–Trinajstić information content (AvgIpc) is 2.90. The Morgan fingerprint density at radius 2 is 2.07 bits per heavy atom. The maximum Gasteiger partial charge on any atom is 0.414 e. The highest BCUT2D eigenvalue weighted by Crippen LogP contribution is 2.29. The molecule has 158 valence electrons. The normalized spacial score (nSPS) is 19.9. The number of ketones is 1. The van der Waals surface area contributed by atoms with Crippen LogP contribution in [0.5, 0.6) is 0 Å². The molecular weight excluding hydrogens is 379 g/mol. The van der Waals surface area contributed by atoms with E-state index in [1.165, 1.54) is 17.9 Å². The Morgan fingerprint density at radius 3 is 2.76 bits per heavy atom. The van der Waals surface area contributed by atoms with Crippen molar-refractivity contribution in [2.75, 3.05) is 42.5 Å². The predicted molar refractivity (Wildman–Crippen MR) is 106 cm³/mol. The molecule has 1 aromatic rings. The topological polar surface area (TPSA) is 82.2 Å². The van der Waals surface area contributed by atoms with Gasteiger partial charge in [-0.15, -0.1) is 0 Å². The average molecular weight is 406 g/mol. The van der Waals surface area contributed by atoms with E-state index in [-0.39, 0.29) is 17.8 Å². The highest BCUT2D eigenvalue weighted by molar-refractivity contribution is 5.90. The summed E-state index contributed by atoms with van der Waals surface area (Å²) in [7, 11) is 0. The van der Waals surface area contributed by atoms with Gasteiger partial charge in [-0.2, -0.15) is 0 Å². The largest absolute Gasteiger partial charge is 0.444 e. The zero-order valence-corrected chi connectivity index (χ0v) is 16.8. The first-order valence-corrected chi connectivity index (χ1v) is 9.95. The lowest BCUT2D eigenvalue weighted by atomic mass is 10.1. The van der Waals surface area contributed by atoms with Gasteiger partial charge in [0.15, 0.2) is 0 Å². The monoisotopic (exact) mass is 406 g/mol. The molecule has 0 unspecified atom stereocenters. The summed E-state index contributed by atoms with van der Waals surface area (Å²) in [5, 5.41) is 1.58. The molecule has 29 heavy (non-hydrogen) atoms. The van der Waals surface area contributed by atoms with Gasteiger partial charge in [0.1, 0.15) is 17.7 Å². The molecule has 0 radical (unpaired) electrons.